The van der Waals surface area contributed by atoms with E-state index in [4.69, 9.17) is 11.6 Å². The third-order valence-corrected chi connectivity index (χ3v) is 4.27. The Hall–Kier alpha value is -1.55. The molecule has 0 atom stereocenters. The molecule has 0 aliphatic heterocycles. The number of aliphatic hydroxyl groups is 1. The first kappa shape index (κ1) is 13.4. The topological polar surface area (TPSA) is 33.1 Å². The molecule has 0 unspecified atom stereocenters. The normalized spacial score (nSPS) is 10.9. The predicted octanol–water partition coefficient (Wildman–Crippen LogP) is 4.53. The Balaban J connectivity index is 2.03. The molecule has 0 amide bonds. The molecular weight excluding hydrogens is 290 g/mol. The third kappa shape index (κ3) is 2.80. The van der Waals surface area contributed by atoms with E-state index >= 15 is 0 Å². The van der Waals surface area contributed by atoms with Crippen LogP contribution in [0, 0.1) is 0 Å². The highest BCUT2D eigenvalue weighted by Gasteiger charge is 2.08. The Morgan fingerprint density at radius 3 is 2.55 bits per heavy atom. The zero-order chi connectivity index (χ0) is 13.9. The van der Waals surface area contributed by atoms with Gasteiger partial charge in [0.15, 0.2) is 0 Å². The van der Waals surface area contributed by atoms with E-state index in [1.165, 1.54) is 11.8 Å². The van der Waals surface area contributed by atoms with E-state index in [1.807, 2.05) is 54.6 Å². The maximum Gasteiger partial charge on any atom is 0.107 e. The van der Waals surface area contributed by atoms with Gasteiger partial charge in [0.1, 0.15) is 5.03 Å². The van der Waals surface area contributed by atoms with Gasteiger partial charge in [-0.15, -0.1) is 0 Å². The van der Waals surface area contributed by atoms with Gasteiger partial charge in [-0.05, 0) is 36.4 Å². The summed E-state index contributed by atoms with van der Waals surface area (Å²) in [5.41, 5.74) is 1.77. The summed E-state index contributed by atoms with van der Waals surface area (Å²) < 4.78 is 0. The molecule has 1 heterocycles. The molecule has 2 nitrogen and oxygen atoms in total. The van der Waals surface area contributed by atoms with E-state index < -0.39 is 0 Å². The monoisotopic (exact) mass is 301 g/mol. The molecule has 0 aliphatic rings. The minimum absolute atomic E-state index is 0.0201. The summed E-state index contributed by atoms with van der Waals surface area (Å²) in [6.45, 7) is -0.0201. The third-order valence-electron chi connectivity index (χ3n) is 2.96. The van der Waals surface area contributed by atoms with Gasteiger partial charge < -0.3 is 5.11 Å². The van der Waals surface area contributed by atoms with Gasteiger partial charge >= 0.3 is 0 Å². The summed E-state index contributed by atoms with van der Waals surface area (Å²) in [4.78, 5) is 5.68. The van der Waals surface area contributed by atoms with Crippen LogP contribution >= 0.6 is 23.4 Å². The lowest BCUT2D eigenvalue weighted by Crippen LogP contribution is -1.92. The van der Waals surface area contributed by atoms with E-state index in [0.717, 1.165) is 26.4 Å². The summed E-state index contributed by atoms with van der Waals surface area (Å²) in [6, 6.07) is 17.5. The first-order valence-corrected chi connectivity index (χ1v) is 7.38. The summed E-state index contributed by atoms with van der Waals surface area (Å²) in [5, 5.41) is 12.1. The Labute approximate surface area is 126 Å². The molecule has 4 heteroatoms. The van der Waals surface area contributed by atoms with E-state index in [-0.39, 0.29) is 6.61 Å². The molecule has 2 aromatic carbocycles. The maximum absolute atomic E-state index is 9.53. The molecule has 0 aliphatic carbocycles. The minimum atomic E-state index is -0.0201. The average Bonchev–Trinajstić information content (AvgIpc) is 2.49. The SMILES string of the molecule is OCc1cc2ccccc2nc1Sc1ccc(Cl)cc1. The van der Waals surface area contributed by atoms with E-state index in [0.29, 0.717) is 5.02 Å². The number of rotatable bonds is 3. The summed E-state index contributed by atoms with van der Waals surface area (Å²) in [7, 11) is 0. The fraction of sp³-hybridized carbons (Fsp3) is 0.0625. The van der Waals surface area contributed by atoms with Crippen molar-refractivity contribution in [3.8, 4) is 0 Å². The van der Waals surface area contributed by atoms with E-state index in [1.54, 1.807) is 0 Å². The zero-order valence-corrected chi connectivity index (χ0v) is 12.2. The van der Waals surface area contributed by atoms with Crippen LogP contribution in [0.25, 0.3) is 10.9 Å². The fourth-order valence-corrected chi connectivity index (χ4v) is 2.98. The smallest absolute Gasteiger partial charge is 0.107 e. The van der Waals surface area contributed by atoms with Gasteiger partial charge in [-0.2, -0.15) is 0 Å². The number of nitrogens with zero attached hydrogens (tertiary/aromatic N) is 1. The van der Waals surface area contributed by atoms with Crippen molar-refractivity contribution < 1.29 is 5.11 Å². The Kier molecular flexibility index (Phi) is 3.92. The van der Waals surface area contributed by atoms with Gasteiger partial charge in [-0.1, -0.05) is 41.6 Å². The van der Waals surface area contributed by atoms with Crippen LogP contribution in [0.3, 0.4) is 0 Å². The fourth-order valence-electron chi connectivity index (χ4n) is 1.96. The lowest BCUT2D eigenvalue weighted by Gasteiger charge is -2.08. The molecular formula is C16H12ClNOS. The summed E-state index contributed by atoms with van der Waals surface area (Å²) in [6.07, 6.45) is 0. The molecule has 1 aromatic heterocycles. The number of hydrogen-bond donors (Lipinski definition) is 1. The first-order valence-electron chi connectivity index (χ1n) is 6.19. The number of halogens is 1. The van der Waals surface area contributed by atoms with Crippen LogP contribution in [0.2, 0.25) is 5.02 Å². The maximum atomic E-state index is 9.53. The van der Waals surface area contributed by atoms with E-state index in [2.05, 4.69) is 4.98 Å². The van der Waals surface area contributed by atoms with Crippen molar-refractivity contribution >= 4 is 34.3 Å². The molecule has 0 bridgehead atoms. The van der Waals surface area contributed by atoms with Gasteiger partial charge in [0.25, 0.3) is 0 Å². The molecule has 3 aromatic rings. The second kappa shape index (κ2) is 5.83. The van der Waals surface area contributed by atoms with Crippen molar-refractivity contribution in [3.63, 3.8) is 0 Å². The van der Waals surface area contributed by atoms with Gasteiger partial charge in [-0.3, -0.25) is 0 Å². The van der Waals surface area contributed by atoms with Gasteiger partial charge in [-0.25, -0.2) is 4.98 Å². The highest BCUT2D eigenvalue weighted by Crippen LogP contribution is 2.31. The number of para-hydroxylation sites is 1. The van der Waals surface area contributed by atoms with Crippen molar-refractivity contribution in [2.24, 2.45) is 0 Å². The van der Waals surface area contributed by atoms with Gasteiger partial charge in [0.2, 0.25) is 0 Å². The molecule has 0 spiro atoms. The highest BCUT2D eigenvalue weighted by atomic mass is 35.5. The second-order valence-corrected chi connectivity index (χ2v) is 5.86. The van der Waals surface area contributed by atoms with Crippen LogP contribution in [0.5, 0.6) is 0 Å². The number of aliphatic hydroxyl groups excluding tert-OH is 1. The van der Waals surface area contributed by atoms with Crippen molar-refractivity contribution in [2.75, 3.05) is 0 Å². The van der Waals surface area contributed by atoms with Crippen molar-refractivity contribution in [1.82, 2.24) is 4.98 Å². The van der Waals surface area contributed by atoms with Crippen LogP contribution in [0.1, 0.15) is 5.56 Å². The molecule has 0 fully saturated rings. The lowest BCUT2D eigenvalue weighted by molar-refractivity contribution is 0.278. The molecule has 0 saturated carbocycles. The van der Waals surface area contributed by atoms with Crippen molar-refractivity contribution in [3.05, 3.63) is 65.2 Å². The molecule has 20 heavy (non-hydrogen) atoms. The Morgan fingerprint density at radius 1 is 1.05 bits per heavy atom. The Morgan fingerprint density at radius 2 is 1.80 bits per heavy atom. The molecule has 100 valence electrons. The van der Waals surface area contributed by atoms with Crippen LogP contribution < -0.4 is 0 Å². The number of aromatic nitrogens is 1. The number of fused-ring (bicyclic) bond motifs is 1. The van der Waals surface area contributed by atoms with Gasteiger partial charge in [0.05, 0.1) is 12.1 Å². The first-order chi connectivity index (χ1) is 9.76. The standard InChI is InChI=1S/C16H12ClNOS/c17-13-5-7-14(8-6-13)20-16-12(10-19)9-11-3-1-2-4-15(11)18-16/h1-9,19H,10H2. The highest BCUT2D eigenvalue weighted by molar-refractivity contribution is 7.99. The van der Waals surface area contributed by atoms with Crippen molar-refractivity contribution in [1.29, 1.82) is 0 Å². The molecule has 1 N–H and O–H groups in total. The lowest BCUT2D eigenvalue weighted by atomic mass is 10.2. The predicted molar refractivity (Wildman–Crippen MR) is 83.2 cm³/mol. The zero-order valence-electron chi connectivity index (χ0n) is 10.6. The van der Waals surface area contributed by atoms with E-state index in [9.17, 15) is 5.11 Å². The quantitative estimate of drug-likeness (QED) is 0.771. The van der Waals surface area contributed by atoms with Crippen LogP contribution in [0.4, 0.5) is 0 Å². The number of hydrogen-bond acceptors (Lipinski definition) is 3. The summed E-state index contributed by atoms with van der Waals surface area (Å²) in [5.74, 6) is 0. The summed E-state index contributed by atoms with van der Waals surface area (Å²) >= 11 is 7.42. The number of pyridine rings is 1. The minimum Gasteiger partial charge on any atom is -0.392 e. The average molecular weight is 302 g/mol. The Bertz CT molecular complexity index is 743. The number of benzene rings is 2. The largest absolute Gasteiger partial charge is 0.392 e. The molecule has 3 rings (SSSR count). The second-order valence-electron chi connectivity index (χ2n) is 4.36. The molecule has 0 saturated heterocycles. The van der Waals surface area contributed by atoms with Crippen molar-refractivity contribution in [2.45, 2.75) is 16.5 Å². The van der Waals surface area contributed by atoms with Crippen LogP contribution in [0.15, 0.2) is 64.5 Å². The van der Waals surface area contributed by atoms with Gasteiger partial charge in [0, 0.05) is 20.9 Å². The molecule has 0 radical (unpaired) electrons. The van der Waals surface area contributed by atoms with Crippen LogP contribution in [-0.4, -0.2) is 10.1 Å². The van der Waals surface area contributed by atoms with Crippen LogP contribution in [-0.2, 0) is 6.61 Å².